The van der Waals surface area contributed by atoms with Crippen molar-refractivity contribution in [1.29, 1.82) is 0 Å². The van der Waals surface area contributed by atoms with Gasteiger partial charge in [0.15, 0.2) is 0 Å². The molecule has 0 saturated heterocycles. The molecule has 2 rings (SSSR count). The van der Waals surface area contributed by atoms with E-state index in [9.17, 15) is 4.21 Å². The highest BCUT2D eigenvalue weighted by molar-refractivity contribution is 8.00. The SMILES string of the molecule is Cc1nc(C=S(C)(C)=O)cc(C2CCC2)n1. The summed E-state index contributed by atoms with van der Waals surface area (Å²) in [5, 5.41) is 1.75. The fraction of sp³-hybridized carbons (Fsp3) is 0.583. The van der Waals surface area contributed by atoms with Crippen molar-refractivity contribution in [3.8, 4) is 0 Å². The number of hydrogen-bond donors (Lipinski definition) is 0. The molecule has 0 aromatic carbocycles. The van der Waals surface area contributed by atoms with Crippen molar-refractivity contribution in [2.24, 2.45) is 0 Å². The van der Waals surface area contributed by atoms with Crippen molar-refractivity contribution >= 4 is 14.9 Å². The van der Waals surface area contributed by atoms with E-state index >= 15 is 0 Å². The predicted octanol–water partition coefficient (Wildman–Crippen LogP) is 1.75. The van der Waals surface area contributed by atoms with Gasteiger partial charge >= 0.3 is 0 Å². The first-order chi connectivity index (χ1) is 7.44. The van der Waals surface area contributed by atoms with Crippen LogP contribution in [0.5, 0.6) is 0 Å². The molecule has 0 aliphatic heterocycles. The maximum atomic E-state index is 11.7. The molecule has 1 saturated carbocycles. The van der Waals surface area contributed by atoms with Crippen LogP contribution in [0.25, 0.3) is 0 Å². The van der Waals surface area contributed by atoms with Crippen molar-refractivity contribution in [1.82, 2.24) is 9.97 Å². The molecule has 1 fully saturated rings. The lowest BCUT2D eigenvalue weighted by Gasteiger charge is -2.24. The first-order valence-corrected chi connectivity index (χ1v) is 8.02. The molecule has 0 N–H and O–H groups in total. The summed E-state index contributed by atoms with van der Waals surface area (Å²) in [6.45, 7) is 1.90. The van der Waals surface area contributed by atoms with Crippen LogP contribution in [0.1, 0.15) is 42.4 Å². The van der Waals surface area contributed by atoms with Crippen molar-refractivity contribution in [3.63, 3.8) is 0 Å². The van der Waals surface area contributed by atoms with Crippen LogP contribution < -0.4 is 0 Å². The van der Waals surface area contributed by atoms with Crippen LogP contribution in [0.3, 0.4) is 0 Å². The zero-order valence-corrected chi connectivity index (χ0v) is 10.9. The normalized spacial score (nSPS) is 16.9. The molecule has 0 radical (unpaired) electrons. The van der Waals surface area contributed by atoms with Gasteiger partial charge in [0.25, 0.3) is 0 Å². The van der Waals surface area contributed by atoms with Gasteiger partial charge in [0.05, 0.1) is 5.69 Å². The number of hydrogen-bond acceptors (Lipinski definition) is 3. The molecule has 1 aliphatic carbocycles. The number of aromatic nitrogens is 2. The Labute approximate surface area is 97.3 Å². The average molecular weight is 238 g/mol. The standard InChI is InChI=1S/C12H18N2OS/c1-9-13-11(8-16(2,3)15)7-12(14-9)10-5-4-6-10/h7-8,10H,4-6H2,1-3H3. The maximum absolute atomic E-state index is 11.7. The van der Waals surface area contributed by atoms with Gasteiger partial charge in [0, 0.05) is 29.5 Å². The zero-order chi connectivity index (χ0) is 11.8. The molecule has 1 aromatic heterocycles. The molecule has 16 heavy (non-hydrogen) atoms. The summed E-state index contributed by atoms with van der Waals surface area (Å²) in [6, 6.07) is 1.99. The molecule has 0 spiro atoms. The second kappa shape index (κ2) is 4.17. The largest absolute Gasteiger partial charge is 0.268 e. The van der Waals surface area contributed by atoms with E-state index in [1.165, 1.54) is 19.3 Å². The van der Waals surface area contributed by atoms with Gasteiger partial charge in [-0.25, -0.2) is 9.97 Å². The summed E-state index contributed by atoms with van der Waals surface area (Å²) in [5.41, 5.74) is 1.93. The Hall–Kier alpha value is -0.900. The summed E-state index contributed by atoms with van der Waals surface area (Å²) < 4.78 is 11.7. The predicted molar refractivity (Wildman–Crippen MR) is 68.5 cm³/mol. The Morgan fingerprint density at radius 2 is 2.06 bits per heavy atom. The van der Waals surface area contributed by atoms with E-state index in [1.54, 1.807) is 17.9 Å². The Kier molecular flexibility index (Phi) is 3.02. The Morgan fingerprint density at radius 3 is 2.56 bits per heavy atom. The first-order valence-electron chi connectivity index (χ1n) is 5.58. The van der Waals surface area contributed by atoms with Gasteiger partial charge in [-0.1, -0.05) is 6.42 Å². The third kappa shape index (κ3) is 2.82. The van der Waals surface area contributed by atoms with Crippen molar-refractivity contribution in [2.75, 3.05) is 12.5 Å². The van der Waals surface area contributed by atoms with Gasteiger partial charge in [-0.15, -0.1) is 0 Å². The van der Waals surface area contributed by atoms with Gasteiger partial charge in [0.1, 0.15) is 5.82 Å². The highest BCUT2D eigenvalue weighted by Crippen LogP contribution is 2.35. The van der Waals surface area contributed by atoms with Crippen LogP contribution in [0.15, 0.2) is 6.07 Å². The molecule has 3 nitrogen and oxygen atoms in total. The minimum Gasteiger partial charge on any atom is -0.268 e. The molecule has 0 unspecified atom stereocenters. The topological polar surface area (TPSA) is 42.9 Å². The highest BCUT2D eigenvalue weighted by atomic mass is 32.2. The first kappa shape index (κ1) is 11.6. The number of nitrogens with zero attached hydrogens (tertiary/aromatic N) is 2. The van der Waals surface area contributed by atoms with Crippen molar-refractivity contribution < 1.29 is 4.21 Å². The third-order valence-corrected chi connectivity index (χ3v) is 3.61. The minimum atomic E-state index is -1.89. The van der Waals surface area contributed by atoms with Gasteiger partial charge in [-0.3, -0.25) is 4.21 Å². The molecule has 1 aromatic rings. The van der Waals surface area contributed by atoms with Gasteiger partial charge in [-0.05, 0) is 35.4 Å². The summed E-state index contributed by atoms with van der Waals surface area (Å²) in [4.78, 5) is 8.78. The van der Waals surface area contributed by atoms with E-state index in [-0.39, 0.29) is 0 Å². The van der Waals surface area contributed by atoms with Gasteiger partial charge in [-0.2, -0.15) is 0 Å². The van der Waals surface area contributed by atoms with E-state index < -0.39 is 9.52 Å². The molecular formula is C12H18N2OS. The molecular weight excluding hydrogens is 220 g/mol. The Bertz CT molecular complexity index is 504. The average Bonchev–Trinajstić information content (AvgIpc) is 1.94. The Morgan fingerprint density at radius 1 is 1.38 bits per heavy atom. The monoisotopic (exact) mass is 238 g/mol. The smallest absolute Gasteiger partial charge is 0.126 e. The van der Waals surface area contributed by atoms with E-state index in [1.807, 2.05) is 13.0 Å². The molecule has 4 heteroatoms. The summed E-state index contributed by atoms with van der Waals surface area (Å²) >= 11 is 0. The van der Waals surface area contributed by atoms with Gasteiger partial charge in [0.2, 0.25) is 0 Å². The second-order valence-electron chi connectivity index (χ2n) is 4.82. The van der Waals surface area contributed by atoms with Crippen LogP contribution in [-0.2, 0) is 9.52 Å². The molecule has 1 heterocycles. The lowest BCUT2D eigenvalue weighted by Crippen LogP contribution is -2.13. The highest BCUT2D eigenvalue weighted by Gasteiger charge is 2.21. The van der Waals surface area contributed by atoms with E-state index in [2.05, 4.69) is 9.97 Å². The van der Waals surface area contributed by atoms with Crippen molar-refractivity contribution in [2.45, 2.75) is 32.1 Å². The fourth-order valence-electron chi connectivity index (χ4n) is 1.88. The lowest BCUT2D eigenvalue weighted by atomic mass is 9.82. The quantitative estimate of drug-likeness (QED) is 0.737. The third-order valence-electron chi connectivity index (χ3n) is 2.81. The molecule has 0 amide bonds. The molecule has 88 valence electrons. The fourth-order valence-corrected chi connectivity index (χ4v) is 2.58. The summed E-state index contributed by atoms with van der Waals surface area (Å²) in [5.74, 6) is 1.37. The molecule has 0 atom stereocenters. The number of rotatable bonds is 2. The molecule has 0 bridgehead atoms. The van der Waals surface area contributed by atoms with E-state index in [0.29, 0.717) is 5.92 Å². The second-order valence-corrected chi connectivity index (χ2v) is 7.67. The van der Waals surface area contributed by atoms with Gasteiger partial charge < -0.3 is 0 Å². The summed E-state index contributed by atoms with van der Waals surface area (Å²) in [7, 11) is -1.89. The maximum Gasteiger partial charge on any atom is 0.126 e. The van der Waals surface area contributed by atoms with Crippen LogP contribution in [-0.4, -0.2) is 32.1 Å². The van der Waals surface area contributed by atoms with E-state index in [0.717, 1.165) is 17.2 Å². The lowest BCUT2D eigenvalue weighted by molar-refractivity contribution is 0.410. The van der Waals surface area contributed by atoms with Crippen molar-refractivity contribution in [3.05, 3.63) is 23.3 Å². The van der Waals surface area contributed by atoms with Crippen LogP contribution in [0.4, 0.5) is 0 Å². The number of aryl methyl sites for hydroxylation is 1. The summed E-state index contributed by atoms with van der Waals surface area (Å²) in [6.07, 6.45) is 7.21. The van der Waals surface area contributed by atoms with Crippen LogP contribution >= 0.6 is 0 Å². The molecule has 1 aliphatic rings. The van der Waals surface area contributed by atoms with Crippen LogP contribution in [0, 0.1) is 6.92 Å². The van der Waals surface area contributed by atoms with E-state index in [4.69, 9.17) is 0 Å². The van der Waals surface area contributed by atoms with Crippen LogP contribution in [0.2, 0.25) is 0 Å². The minimum absolute atomic E-state index is 0.596. The Balaban J connectivity index is 2.39. The zero-order valence-electron chi connectivity index (χ0n) is 10.1.